The molecule has 0 bridgehead atoms. The average molecular weight is 291 g/mol. The molecule has 1 aromatic rings. The van der Waals surface area contributed by atoms with Crippen molar-refractivity contribution >= 4 is 0 Å². The van der Waals surface area contributed by atoms with Gasteiger partial charge in [0.1, 0.15) is 12.4 Å². The molecule has 4 nitrogen and oxygen atoms in total. The molecule has 1 aliphatic rings. The van der Waals surface area contributed by atoms with Crippen LogP contribution in [0.25, 0.3) is 0 Å². The summed E-state index contributed by atoms with van der Waals surface area (Å²) in [6.07, 6.45) is 1.28. The van der Waals surface area contributed by atoms with Gasteiger partial charge in [0, 0.05) is 25.7 Å². The van der Waals surface area contributed by atoms with E-state index in [-0.39, 0.29) is 0 Å². The second-order valence-electron chi connectivity index (χ2n) is 5.66. The third-order valence-corrected chi connectivity index (χ3v) is 4.39. The van der Waals surface area contributed by atoms with Crippen LogP contribution in [0.3, 0.4) is 0 Å². The Morgan fingerprint density at radius 2 is 2.14 bits per heavy atom. The molecule has 1 aliphatic heterocycles. The van der Waals surface area contributed by atoms with E-state index >= 15 is 0 Å². The summed E-state index contributed by atoms with van der Waals surface area (Å²) in [5, 5.41) is 0. The average Bonchev–Trinajstić information content (AvgIpc) is 2.97. The van der Waals surface area contributed by atoms with Crippen molar-refractivity contribution < 1.29 is 4.74 Å². The predicted octanol–water partition coefficient (Wildman–Crippen LogP) is 1.94. The smallest absolute Gasteiger partial charge is 0.119 e. The monoisotopic (exact) mass is 291 g/mol. The number of benzene rings is 1. The van der Waals surface area contributed by atoms with Crippen molar-refractivity contribution in [2.24, 2.45) is 5.73 Å². The topological polar surface area (TPSA) is 41.7 Å². The Kier molecular flexibility index (Phi) is 6.49. The minimum atomic E-state index is 0.564. The summed E-state index contributed by atoms with van der Waals surface area (Å²) in [5.74, 6) is 0.928. The van der Waals surface area contributed by atoms with Crippen LogP contribution in [0.4, 0.5) is 0 Å². The van der Waals surface area contributed by atoms with Gasteiger partial charge in [0.25, 0.3) is 0 Å². The van der Waals surface area contributed by atoms with E-state index in [4.69, 9.17) is 10.5 Å². The first kappa shape index (κ1) is 16.3. The molecule has 1 fully saturated rings. The van der Waals surface area contributed by atoms with Gasteiger partial charge in [-0.15, -0.1) is 0 Å². The molecule has 118 valence electrons. The van der Waals surface area contributed by atoms with Crippen molar-refractivity contribution in [3.05, 3.63) is 29.8 Å². The SMILES string of the molecule is CCN(CC)C1CCN(CCOc2cccc(CN)c2)C1. The first-order valence-corrected chi connectivity index (χ1v) is 8.15. The lowest BCUT2D eigenvalue weighted by molar-refractivity contribution is 0.195. The fourth-order valence-electron chi connectivity index (χ4n) is 3.11. The first-order valence-electron chi connectivity index (χ1n) is 8.15. The van der Waals surface area contributed by atoms with Gasteiger partial charge in [-0.05, 0) is 43.8 Å². The lowest BCUT2D eigenvalue weighted by Gasteiger charge is -2.26. The Bertz CT molecular complexity index is 420. The van der Waals surface area contributed by atoms with Gasteiger partial charge in [-0.3, -0.25) is 9.80 Å². The van der Waals surface area contributed by atoms with Gasteiger partial charge < -0.3 is 10.5 Å². The Balaban J connectivity index is 1.72. The van der Waals surface area contributed by atoms with E-state index in [2.05, 4.69) is 23.6 Å². The highest BCUT2D eigenvalue weighted by molar-refractivity contribution is 5.28. The Hall–Kier alpha value is -1.10. The number of likely N-dealkylation sites (tertiary alicyclic amines) is 1. The minimum Gasteiger partial charge on any atom is -0.492 e. The van der Waals surface area contributed by atoms with Crippen LogP contribution >= 0.6 is 0 Å². The van der Waals surface area contributed by atoms with E-state index < -0.39 is 0 Å². The zero-order valence-electron chi connectivity index (χ0n) is 13.4. The molecule has 0 spiro atoms. The minimum absolute atomic E-state index is 0.564. The molecule has 2 N–H and O–H groups in total. The highest BCUT2D eigenvalue weighted by Gasteiger charge is 2.25. The molecule has 1 aromatic carbocycles. The van der Waals surface area contributed by atoms with E-state index in [1.165, 1.54) is 19.5 Å². The largest absolute Gasteiger partial charge is 0.492 e. The van der Waals surface area contributed by atoms with Gasteiger partial charge in [0.05, 0.1) is 0 Å². The van der Waals surface area contributed by atoms with Crippen molar-refractivity contribution in [3.63, 3.8) is 0 Å². The lowest BCUT2D eigenvalue weighted by Crippen LogP contribution is -2.37. The lowest BCUT2D eigenvalue weighted by atomic mass is 10.2. The number of nitrogens with two attached hydrogens (primary N) is 1. The molecule has 0 aromatic heterocycles. The third kappa shape index (κ3) is 4.70. The maximum Gasteiger partial charge on any atom is 0.119 e. The summed E-state index contributed by atoms with van der Waals surface area (Å²) in [6, 6.07) is 8.79. The van der Waals surface area contributed by atoms with Gasteiger partial charge in [-0.1, -0.05) is 26.0 Å². The summed E-state index contributed by atoms with van der Waals surface area (Å²) in [4.78, 5) is 5.07. The molecule has 1 atom stereocenters. The fourth-order valence-corrected chi connectivity index (χ4v) is 3.11. The van der Waals surface area contributed by atoms with Crippen LogP contribution in [-0.4, -0.2) is 55.2 Å². The van der Waals surface area contributed by atoms with Crippen LogP contribution in [0.2, 0.25) is 0 Å². The molecule has 4 heteroatoms. The van der Waals surface area contributed by atoms with Gasteiger partial charge in [0.2, 0.25) is 0 Å². The number of likely N-dealkylation sites (N-methyl/N-ethyl adjacent to an activating group) is 1. The molecule has 0 aliphatic carbocycles. The maximum absolute atomic E-state index is 5.85. The van der Waals surface area contributed by atoms with E-state index in [0.717, 1.165) is 43.6 Å². The van der Waals surface area contributed by atoms with Crippen LogP contribution in [-0.2, 0) is 6.54 Å². The van der Waals surface area contributed by atoms with Crippen molar-refractivity contribution in [3.8, 4) is 5.75 Å². The number of ether oxygens (including phenoxy) is 1. The van der Waals surface area contributed by atoms with E-state index in [1.54, 1.807) is 0 Å². The number of rotatable bonds is 8. The van der Waals surface area contributed by atoms with Crippen LogP contribution in [0.15, 0.2) is 24.3 Å². The van der Waals surface area contributed by atoms with Crippen LogP contribution in [0.5, 0.6) is 5.75 Å². The Morgan fingerprint density at radius 1 is 1.33 bits per heavy atom. The molecule has 1 saturated heterocycles. The maximum atomic E-state index is 5.85. The second-order valence-corrected chi connectivity index (χ2v) is 5.66. The highest BCUT2D eigenvalue weighted by Crippen LogP contribution is 2.16. The van der Waals surface area contributed by atoms with E-state index in [0.29, 0.717) is 6.54 Å². The molecule has 2 rings (SSSR count). The quantitative estimate of drug-likeness (QED) is 0.795. The molecule has 1 unspecified atom stereocenters. The molecular weight excluding hydrogens is 262 g/mol. The van der Waals surface area contributed by atoms with Gasteiger partial charge in [0.15, 0.2) is 0 Å². The predicted molar refractivity (Wildman–Crippen MR) is 87.6 cm³/mol. The van der Waals surface area contributed by atoms with Gasteiger partial charge in [-0.2, -0.15) is 0 Å². The zero-order chi connectivity index (χ0) is 15.1. The Labute approximate surface area is 128 Å². The number of hydrogen-bond donors (Lipinski definition) is 1. The van der Waals surface area contributed by atoms with E-state index in [9.17, 15) is 0 Å². The van der Waals surface area contributed by atoms with Crippen LogP contribution < -0.4 is 10.5 Å². The van der Waals surface area contributed by atoms with Crippen molar-refractivity contribution in [2.45, 2.75) is 32.9 Å². The Morgan fingerprint density at radius 3 is 2.86 bits per heavy atom. The highest BCUT2D eigenvalue weighted by atomic mass is 16.5. The number of hydrogen-bond acceptors (Lipinski definition) is 4. The molecule has 0 radical (unpaired) electrons. The summed E-state index contributed by atoms with van der Waals surface area (Å²) in [6.45, 7) is 11.5. The molecule has 21 heavy (non-hydrogen) atoms. The van der Waals surface area contributed by atoms with Crippen LogP contribution in [0, 0.1) is 0 Å². The van der Waals surface area contributed by atoms with Crippen LogP contribution in [0.1, 0.15) is 25.8 Å². The standard InChI is InChI=1S/C17H29N3O/c1-3-20(4-2)16-8-9-19(14-16)10-11-21-17-7-5-6-15(12-17)13-18/h5-7,12,16H,3-4,8-11,13-14,18H2,1-2H3. The second kappa shape index (κ2) is 8.37. The summed E-state index contributed by atoms with van der Waals surface area (Å²) < 4.78 is 5.85. The molecule has 0 saturated carbocycles. The van der Waals surface area contributed by atoms with Crippen molar-refractivity contribution in [1.29, 1.82) is 0 Å². The third-order valence-electron chi connectivity index (χ3n) is 4.39. The summed E-state index contributed by atoms with van der Waals surface area (Å²) in [5.41, 5.74) is 6.77. The van der Waals surface area contributed by atoms with Crippen molar-refractivity contribution in [1.82, 2.24) is 9.80 Å². The summed E-state index contributed by atoms with van der Waals surface area (Å²) in [7, 11) is 0. The van der Waals surface area contributed by atoms with Gasteiger partial charge in [-0.25, -0.2) is 0 Å². The summed E-state index contributed by atoms with van der Waals surface area (Å²) >= 11 is 0. The molecule has 0 amide bonds. The van der Waals surface area contributed by atoms with Crippen molar-refractivity contribution in [2.75, 3.05) is 39.3 Å². The molecular formula is C17H29N3O. The van der Waals surface area contributed by atoms with E-state index in [1.807, 2.05) is 24.3 Å². The normalized spacial score (nSPS) is 19.3. The zero-order valence-corrected chi connectivity index (χ0v) is 13.4. The number of nitrogens with zero attached hydrogens (tertiary/aromatic N) is 2. The van der Waals surface area contributed by atoms with Gasteiger partial charge >= 0.3 is 0 Å². The molecule has 1 heterocycles. The first-order chi connectivity index (χ1) is 10.3. The fraction of sp³-hybridized carbons (Fsp3) is 0.647.